The fraction of sp³-hybridized carbons (Fsp3) is 0.438. The predicted octanol–water partition coefficient (Wildman–Crippen LogP) is 1.30. The summed E-state index contributed by atoms with van der Waals surface area (Å²) in [7, 11) is 0. The lowest BCUT2D eigenvalue weighted by Gasteiger charge is -2.23. The lowest BCUT2D eigenvalue weighted by Crippen LogP contribution is -2.48. The van der Waals surface area contributed by atoms with Crippen molar-refractivity contribution in [1.82, 2.24) is 10.9 Å². The number of nitrogens with one attached hydrogen (secondary N) is 2. The van der Waals surface area contributed by atoms with E-state index in [1.807, 2.05) is 0 Å². The van der Waals surface area contributed by atoms with E-state index in [1.165, 1.54) is 0 Å². The third kappa shape index (κ3) is 2.28. The molecule has 2 amide bonds. The van der Waals surface area contributed by atoms with Crippen LogP contribution in [0.4, 0.5) is 0 Å². The Bertz CT molecular complexity index is 688. The summed E-state index contributed by atoms with van der Waals surface area (Å²) in [6.45, 7) is 0. The second-order valence-electron chi connectivity index (χ2n) is 6.37. The number of hydrazine groups is 1. The molecular weight excluding hydrogens is 320 g/mol. The summed E-state index contributed by atoms with van der Waals surface area (Å²) in [4.78, 5) is 36.3. The van der Waals surface area contributed by atoms with E-state index in [-0.39, 0.29) is 35.7 Å². The van der Waals surface area contributed by atoms with Gasteiger partial charge in [0.05, 0.1) is 11.8 Å². The third-order valence-electron chi connectivity index (χ3n) is 5.19. The molecule has 5 atom stereocenters. The molecule has 3 fully saturated rings. The Balaban J connectivity index is 1.40. The normalized spacial score (nSPS) is 33.4. The van der Waals surface area contributed by atoms with Gasteiger partial charge in [-0.25, -0.2) is 0 Å². The van der Waals surface area contributed by atoms with E-state index in [0.29, 0.717) is 10.6 Å². The van der Waals surface area contributed by atoms with Crippen LogP contribution in [0.15, 0.2) is 24.3 Å². The molecule has 1 aromatic rings. The molecule has 120 valence electrons. The first kappa shape index (κ1) is 14.5. The summed E-state index contributed by atoms with van der Waals surface area (Å²) in [5.74, 6) is -1.46. The molecule has 0 spiro atoms. The van der Waals surface area contributed by atoms with Crippen molar-refractivity contribution in [3.8, 4) is 0 Å². The Hall–Kier alpha value is -2.08. The molecule has 0 radical (unpaired) electrons. The molecule has 1 aromatic carbocycles. The highest BCUT2D eigenvalue weighted by Crippen LogP contribution is 2.57. The predicted molar refractivity (Wildman–Crippen MR) is 80.1 cm³/mol. The zero-order chi connectivity index (χ0) is 16.1. The third-order valence-corrected chi connectivity index (χ3v) is 5.44. The van der Waals surface area contributed by atoms with Gasteiger partial charge in [-0.1, -0.05) is 11.6 Å². The zero-order valence-corrected chi connectivity index (χ0v) is 12.9. The molecule has 1 aliphatic heterocycles. The highest BCUT2D eigenvalue weighted by atomic mass is 35.5. The van der Waals surface area contributed by atoms with Gasteiger partial charge in [0.1, 0.15) is 6.10 Å². The number of halogens is 1. The van der Waals surface area contributed by atoms with Crippen LogP contribution in [0.2, 0.25) is 5.02 Å². The molecule has 6 nitrogen and oxygen atoms in total. The lowest BCUT2D eigenvalue weighted by atomic mass is 9.79. The van der Waals surface area contributed by atoms with Gasteiger partial charge in [0.25, 0.3) is 5.91 Å². The molecule has 0 unspecified atom stereocenters. The smallest absolute Gasteiger partial charge is 0.310 e. The van der Waals surface area contributed by atoms with Crippen LogP contribution in [0.25, 0.3) is 0 Å². The molecular formula is C16H15ClN2O4. The molecule has 0 aromatic heterocycles. The first-order valence-electron chi connectivity index (χ1n) is 7.61. The summed E-state index contributed by atoms with van der Waals surface area (Å²) in [5, 5.41) is 0.530. The highest BCUT2D eigenvalue weighted by molar-refractivity contribution is 6.30. The maximum atomic E-state index is 12.4. The number of hydrogen-bond donors (Lipinski definition) is 2. The van der Waals surface area contributed by atoms with Gasteiger partial charge in [-0.2, -0.15) is 0 Å². The van der Waals surface area contributed by atoms with Gasteiger partial charge in [-0.15, -0.1) is 0 Å². The molecule has 3 aliphatic rings. The second kappa shape index (κ2) is 5.23. The molecule has 2 saturated carbocycles. The lowest BCUT2D eigenvalue weighted by molar-refractivity contribution is -0.146. The number of carbonyl (C=O) groups excluding carboxylic acids is 3. The van der Waals surface area contributed by atoms with Crippen molar-refractivity contribution in [3.63, 3.8) is 0 Å². The largest absolute Gasteiger partial charge is 0.462 e. The van der Waals surface area contributed by atoms with E-state index in [4.69, 9.17) is 16.3 Å². The minimum atomic E-state index is -0.426. The van der Waals surface area contributed by atoms with Crippen molar-refractivity contribution in [1.29, 1.82) is 0 Å². The van der Waals surface area contributed by atoms with Gasteiger partial charge in [-0.3, -0.25) is 25.2 Å². The zero-order valence-electron chi connectivity index (χ0n) is 12.1. The van der Waals surface area contributed by atoms with Crippen molar-refractivity contribution in [3.05, 3.63) is 34.9 Å². The van der Waals surface area contributed by atoms with E-state index in [0.717, 1.165) is 12.8 Å². The summed E-state index contributed by atoms with van der Waals surface area (Å²) >= 11 is 5.77. The quantitative estimate of drug-likeness (QED) is 0.630. The van der Waals surface area contributed by atoms with E-state index in [2.05, 4.69) is 10.9 Å². The van der Waals surface area contributed by atoms with Crippen LogP contribution < -0.4 is 10.9 Å². The Morgan fingerprint density at radius 3 is 2.61 bits per heavy atom. The molecule has 7 heteroatoms. The monoisotopic (exact) mass is 334 g/mol. The summed E-state index contributed by atoms with van der Waals surface area (Å²) in [6.07, 6.45) is 1.59. The summed E-state index contributed by atoms with van der Waals surface area (Å²) in [5.41, 5.74) is 5.23. The first-order chi connectivity index (χ1) is 11.0. The van der Waals surface area contributed by atoms with Crippen molar-refractivity contribution in [2.45, 2.75) is 18.9 Å². The van der Waals surface area contributed by atoms with Crippen LogP contribution in [-0.2, 0) is 14.3 Å². The van der Waals surface area contributed by atoms with E-state index < -0.39 is 11.8 Å². The van der Waals surface area contributed by atoms with Crippen LogP contribution in [0.1, 0.15) is 23.2 Å². The molecule has 23 heavy (non-hydrogen) atoms. The van der Waals surface area contributed by atoms with Gasteiger partial charge in [-0.05, 0) is 43.0 Å². The van der Waals surface area contributed by atoms with Crippen LogP contribution >= 0.6 is 11.6 Å². The Morgan fingerprint density at radius 1 is 1.13 bits per heavy atom. The van der Waals surface area contributed by atoms with Crippen LogP contribution in [0.3, 0.4) is 0 Å². The van der Waals surface area contributed by atoms with Crippen LogP contribution in [-0.4, -0.2) is 23.9 Å². The van der Waals surface area contributed by atoms with Gasteiger partial charge >= 0.3 is 5.97 Å². The van der Waals surface area contributed by atoms with Crippen molar-refractivity contribution in [2.24, 2.45) is 23.7 Å². The van der Waals surface area contributed by atoms with Gasteiger partial charge in [0.2, 0.25) is 5.91 Å². The van der Waals surface area contributed by atoms with Crippen molar-refractivity contribution < 1.29 is 19.1 Å². The SMILES string of the molecule is O=C(NNC(=O)[C@@H]1[C@@H]2C[C@H]3[C@@H]1C(=O)O[C@@H]3C2)c1ccc(Cl)cc1. The second-order valence-corrected chi connectivity index (χ2v) is 6.81. The molecule has 2 aliphatic carbocycles. The number of carbonyl (C=O) groups is 3. The van der Waals surface area contributed by atoms with Crippen molar-refractivity contribution in [2.75, 3.05) is 0 Å². The minimum absolute atomic E-state index is 0.00907. The van der Waals surface area contributed by atoms with Gasteiger partial charge in [0.15, 0.2) is 0 Å². The molecule has 1 saturated heterocycles. The average Bonchev–Trinajstić information content (AvgIpc) is 3.14. The van der Waals surface area contributed by atoms with E-state index in [1.54, 1.807) is 24.3 Å². The standard InChI is InChI=1S/C16H15ClN2O4/c17-9-3-1-7(2-4-9)14(20)18-19-15(21)12-8-5-10-11(6-8)23-16(22)13(10)12/h1-4,8,10-13H,5-6H2,(H,18,20)(H,19,21)/t8-,10-,11-,12-,13+/m1/s1. The Kier molecular flexibility index (Phi) is 3.30. The minimum Gasteiger partial charge on any atom is -0.462 e. The number of amides is 2. The molecule has 4 rings (SSSR count). The summed E-state index contributed by atoms with van der Waals surface area (Å²) < 4.78 is 5.31. The Morgan fingerprint density at radius 2 is 1.87 bits per heavy atom. The first-order valence-corrected chi connectivity index (χ1v) is 7.98. The molecule has 2 bridgehead atoms. The fourth-order valence-electron chi connectivity index (χ4n) is 4.24. The topological polar surface area (TPSA) is 84.5 Å². The van der Waals surface area contributed by atoms with Gasteiger partial charge < -0.3 is 4.74 Å². The number of fused-ring (bicyclic) bond motifs is 1. The number of benzene rings is 1. The van der Waals surface area contributed by atoms with Crippen LogP contribution in [0, 0.1) is 23.7 Å². The molecule has 2 N–H and O–H groups in total. The molecule has 1 heterocycles. The van der Waals surface area contributed by atoms with Crippen LogP contribution in [0.5, 0.6) is 0 Å². The number of hydrogen-bond acceptors (Lipinski definition) is 4. The average molecular weight is 335 g/mol. The fourth-order valence-corrected chi connectivity index (χ4v) is 4.36. The maximum Gasteiger partial charge on any atom is 0.310 e. The summed E-state index contributed by atoms with van der Waals surface area (Å²) in [6, 6.07) is 6.34. The number of esters is 1. The van der Waals surface area contributed by atoms with Gasteiger partial charge in [0, 0.05) is 16.5 Å². The van der Waals surface area contributed by atoms with E-state index >= 15 is 0 Å². The number of rotatable bonds is 2. The Labute approximate surface area is 137 Å². The van der Waals surface area contributed by atoms with E-state index in [9.17, 15) is 14.4 Å². The maximum absolute atomic E-state index is 12.4. The number of ether oxygens (including phenoxy) is 1. The van der Waals surface area contributed by atoms with Crippen molar-refractivity contribution >= 4 is 29.4 Å². The highest BCUT2D eigenvalue weighted by Gasteiger charge is 2.63.